The first kappa shape index (κ1) is 17.8. The van der Waals surface area contributed by atoms with Crippen LogP contribution in [0.2, 0.25) is 0 Å². The fourth-order valence-electron chi connectivity index (χ4n) is 3.03. The molecule has 1 aliphatic rings. The molecule has 1 aliphatic carbocycles. The minimum absolute atomic E-state index is 0.0261. The summed E-state index contributed by atoms with van der Waals surface area (Å²) in [6, 6.07) is 7.22. The molecule has 1 heterocycles. The highest BCUT2D eigenvalue weighted by Crippen LogP contribution is 2.60. The zero-order chi connectivity index (χ0) is 18.2. The molecule has 1 amide bonds. The number of hydrogen-bond donors (Lipinski definition) is 1. The summed E-state index contributed by atoms with van der Waals surface area (Å²) in [5, 5.41) is 10.5. The van der Waals surface area contributed by atoms with Crippen molar-refractivity contribution in [2.24, 2.45) is 17.3 Å². The maximum absolute atomic E-state index is 12.6. The van der Waals surface area contributed by atoms with Crippen molar-refractivity contribution in [3.8, 4) is 17.0 Å². The molecule has 25 heavy (non-hydrogen) atoms. The third kappa shape index (κ3) is 3.50. The van der Waals surface area contributed by atoms with Crippen LogP contribution in [-0.2, 0) is 4.79 Å². The molecule has 0 spiro atoms. The Hall–Kier alpha value is -2.05. The average molecular weight is 382 g/mol. The number of rotatable bonds is 5. The minimum atomic E-state index is -0.250. The van der Waals surface area contributed by atoms with Gasteiger partial charge in [-0.05, 0) is 52.0 Å². The van der Waals surface area contributed by atoms with Crippen molar-refractivity contribution in [1.29, 1.82) is 0 Å². The summed E-state index contributed by atoms with van der Waals surface area (Å²) in [4.78, 5) is 12.6. The number of nitrogens with one attached hydrogen (secondary N) is 1. The van der Waals surface area contributed by atoms with E-state index >= 15 is 0 Å². The molecule has 0 saturated heterocycles. The van der Waals surface area contributed by atoms with Gasteiger partial charge in [0.25, 0.3) is 0 Å². The van der Waals surface area contributed by atoms with Crippen LogP contribution in [0.1, 0.15) is 13.8 Å². The van der Waals surface area contributed by atoms with Crippen LogP contribution in [0.15, 0.2) is 39.5 Å². The number of nitrogens with zero attached hydrogens (tertiary/aromatic N) is 2. The van der Waals surface area contributed by atoms with E-state index in [2.05, 4.69) is 15.6 Å². The van der Waals surface area contributed by atoms with Crippen molar-refractivity contribution in [2.75, 3.05) is 12.4 Å². The van der Waals surface area contributed by atoms with Gasteiger partial charge in [0.05, 0.1) is 13.0 Å². The van der Waals surface area contributed by atoms with E-state index in [1.807, 2.05) is 26.0 Å². The van der Waals surface area contributed by atoms with Crippen molar-refractivity contribution >= 4 is 34.9 Å². The highest BCUT2D eigenvalue weighted by atomic mass is 35.5. The second-order valence-corrected chi connectivity index (χ2v) is 7.47. The van der Waals surface area contributed by atoms with Crippen LogP contribution in [0, 0.1) is 17.3 Å². The molecular weight excluding hydrogens is 365 g/mol. The van der Waals surface area contributed by atoms with Crippen molar-refractivity contribution < 1.29 is 14.2 Å². The van der Waals surface area contributed by atoms with Crippen molar-refractivity contribution in [1.82, 2.24) is 10.3 Å². The van der Waals surface area contributed by atoms with Gasteiger partial charge in [0, 0.05) is 5.56 Å². The van der Waals surface area contributed by atoms with E-state index < -0.39 is 0 Å². The molecule has 1 aromatic heterocycles. The minimum Gasteiger partial charge on any atom is -0.497 e. The predicted molar refractivity (Wildman–Crippen MR) is 95.5 cm³/mol. The monoisotopic (exact) mass is 381 g/mol. The van der Waals surface area contributed by atoms with Crippen LogP contribution in [0.4, 0.5) is 5.82 Å². The molecule has 0 aliphatic heterocycles. The first-order chi connectivity index (χ1) is 11.8. The Kier molecular flexibility index (Phi) is 4.75. The lowest BCUT2D eigenvalue weighted by Crippen LogP contribution is -2.17. The molecule has 3 rings (SSSR count). The van der Waals surface area contributed by atoms with Gasteiger partial charge in [-0.1, -0.05) is 37.0 Å². The molecular formula is C17H17Cl2N3O3. The lowest BCUT2D eigenvalue weighted by molar-refractivity contribution is -0.118. The molecule has 2 atom stereocenters. The Balaban J connectivity index is 1.77. The van der Waals surface area contributed by atoms with Crippen LogP contribution in [0.3, 0.4) is 0 Å². The van der Waals surface area contributed by atoms with Gasteiger partial charge >= 0.3 is 0 Å². The Labute approximate surface area is 155 Å². The summed E-state index contributed by atoms with van der Waals surface area (Å²) in [5.41, 5.74) is 0.987. The third-order valence-electron chi connectivity index (χ3n) is 4.59. The number of ether oxygens (including phenoxy) is 1. The molecule has 0 unspecified atom stereocenters. The summed E-state index contributed by atoms with van der Waals surface area (Å²) in [7, 11) is 1.59. The topological polar surface area (TPSA) is 77.2 Å². The zero-order valence-electron chi connectivity index (χ0n) is 13.9. The summed E-state index contributed by atoms with van der Waals surface area (Å²) in [5.74, 6) is 0.546. The van der Waals surface area contributed by atoms with Gasteiger partial charge in [0.2, 0.25) is 11.7 Å². The number of carbonyl (C=O) groups excluding carboxylic acids is 1. The van der Waals surface area contributed by atoms with Crippen molar-refractivity contribution in [3.05, 3.63) is 34.8 Å². The fourth-order valence-corrected chi connectivity index (χ4v) is 3.30. The summed E-state index contributed by atoms with van der Waals surface area (Å²) in [6.45, 7) is 3.97. The number of aromatic nitrogens is 2. The SMILES string of the molecule is COc1ccc(-c2nonc2NC(=O)[C@@H]2[C@H](C=C(Cl)Cl)C2(C)C)cc1. The molecule has 0 radical (unpaired) electrons. The normalized spacial score (nSPS) is 20.7. The largest absolute Gasteiger partial charge is 0.497 e. The van der Waals surface area contributed by atoms with Gasteiger partial charge in [-0.15, -0.1) is 0 Å². The summed E-state index contributed by atoms with van der Waals surface area (Å²) in [6.07, 6.45) is 1.69. The van der Waals surface area contributed by atoms with Gasteiger partial charge in [0.15, 0.2) is 5.69 Å². The van der Waals surface area contributed by atoms with Gasteiger partial charge in [-0.25, -0.2) is 4.63 Å². The maximum atomic E-state index is 12.6. The van der Waals surface area contributed by atoms with Crippen LogP contribution in [-0.4, -0.2) is 23.3 Å². The van der Waals surface area contributed by atoms with E-state index in [9.17, 15) is 4.79 Å². The van der Waals surface area contributed by atoms with E-state index in [1.54, 1.807) is 25.3 Å². The van der Waals surface area contributed by atoms with Gasteiger partial charge < -0.3 is 10.1 Å². The predicted octanol–water partition coefficient (Wildman–Crippen LogP) is 4.27. The number of halogens is 2. The highest BCUT2D eigenvalue weighted by molar-refractivity contribution is 6.55. The number of benzene rings is 1. The second-order valence-electron chi connectivity index (χ2n) is 6.46. The molecule has 1 saturated carbocycles. The lowest BCUT2D eigenvalue weighted by atomic mass is 10.1. The number of anilines is 1. The first-order valence-electron chi connectivity index (χ1n) is 7.65. The van der Waals surface area contributed by atoms with Crippen LogP contribution < -0.4 is 10.1 Å². The van der Waals surface area contributed by atoms with E-state index in [4.69, 9.17) is 32.6 Å². The molecule has 1 fully saturated rings. The third-order valence-corrected chi connectivity index (χ3v) is 4.84. The zero-order valence-corrected chi connectivity index (χ0v) is 15.4. The number of methoxy groups -OCH3 is 1. The van der Waals surface area contributed by atoms with Crippen LogP contribution in [0.25, 0.3) is 11.3 Å². The van der Waals surface area contributed by atoms with Gasteiger partial charge in [0.1, 0.15) is 10.2 Å². The summed E-state index contributed by atoms with van der Waals surface area (Å²) >= 11 is 11.5. The van der Waals surface area contributed by atoms with E-state index in [0.29, 0.717) is 5.69 Å². The fraction of sp³-hybridized carbons (Fsp3) is 0.353. The van der Waals surface area contributed by atoms with Crippen molar-refractivity contribution in [3.63, 3.8) is 0 Å². The van der Waals surface area contributed by atoms with Crippen LogP contribution >= 0.6 is 23.2 Å². The van der Waals surface area contributed by atoms with Crippen molar-refractivity contribution in [2.45, 2.75) is 13.8 Å². The summed E-state index contributed by atoms with van der Waals surface area (Å²) < 4.78 is 10.1. The highest BCUT2D eigenvalue weighted by Gasteiger charge is 2.60. The van der Waals surface area contributed by atoms with E-state index in [-0.39, 0.29) is 33.5 Å². The molecule has 8 heteroatoms. The lowest BCUT2D eigenvalue weighted by Gasteiger charge is -2.05. The Morgan fingerprint density at radius 3 is 2.56 bits per heavy atom. The Morgan fingerprint density at radius 1 is 1.28 bits per heavy atom. The molecule has 2 aromatic rings. The molecule has 132 valence electrons. The second kappa shape index (κ2) is 6.69. The molecule has 6 nitrogen and oxygen atoms in total. The molecule has 1 N–H and O–H groups in total. The maximum Gasteiger partial charge on any atom is 0.229 e. The van der Waals surface area contributed by atoms with E-state index in [1.165, 1.54) is 0 Å². The number of hydrogen-bond acceptors (Lipinski definition) is 5. The average Bonchev–Trinajstić information content (AvgIpc) is 2.90. The standard InChI is InChI=1S/C17H17Cl2N3O3/c1-17(2)11(8-12(18)19)13(17)16(23)20-15-14(21-25-22-15)9-4-6-10(24-3)7-5-9/h4-8,11,13H,1-3H3,(H,20,22,23)/t11-,13-/m0/s1. The van der Waals surface area contributed by atoms with Gasteiger partial charge in [-0.3, -0.25) is 4.79 Å². The molecule has 1 aromatic carbocycles. The number of allylic oxidation sites excluding steroid dienone is 1. The van der Waals surface area contributed by atoms with E-state index in [0.717, 1.165) is 11.3 Å². The quantitative estimate of drug-likeness (QED) is 0.836. The van der Waals surface area contributed by atoms with Crippen LogP contribution in [0.5, 0.6) is 5.75 Å². The Morgan fingerprint density at radius 2 is 1.96 bits per heavy atom. The van der Waals surface area contributed by atoms with Gasteiger partial charge in [-0.2, -0.15) is 0 Å². The number of amides is 1. The smallest absolute Gasteiger partial charge is 0.229 e. The Bertz CT molecular complexity index is 811. The molecule has 0 bridgehead atoms. The first-order valence-corrected chi connectivity index (χ1v) is 8.41. The number of carbonyl (C=O) groups is 1.